The Labute approximate surface area is 57.1 Å². The fourth-order valence-electron chi connectivity index (χ4n) is 0.822. The zero-order valence-electron chi connectivity index (χ0n) is 5.19. The fourth-order valence-corrected chi connectivity index (χ4v) is 0.822. The first-order valence-corrected chi connectivity index (χ1v) is 2.82. The van der Waals surface area contributed by atoms with Gasteiger partial charge >= 0.3 is 0 Å². The second kappa shape index (κ2) is 1.70. The molecule has 0 spiro atoms. The molecule has 0 saturated carbocycles. The summed E-state index contributed by atoms with van der Waals surface area (Å²) in [5.74, 6) is 0. The summed E-state index contributed by atoms with van der Waals surface area (Å²) in [7, 11) is 0. The molecule has 10 heavy (non-hydrogen) atoms. The minimum Gasteiger partial charge on any atom is -0.381 e. The Morgan fingerprint density at radius 2 is 2.60 bits per heavy atom. The molecule has 0 saturated heterocycles. The van der Waals surface area contributed by atoms with Crippen LogP contribution in [0.5, 0.6) is 0 Å². The van der Waals surface area contributed by atoms with Crippen molar-refractivity contribution in [1.29, 1.82) is 0 Å². The molecule has 0 aliphatic carbocycles. The first kappa shape index (κ1) is 5.22. The van der Waals surface area contributed by atoms with Crippen molar-refractivity contribution in [3.63, 3.8) is 0 Å². The largest absolute Gasteiger partial charge is 0.381 e. The van der Waals surface area contributed by atoms with Crippen molar-refractivity contribution >= 4 is 6.20 Å². The van der Waals surface area contributed by atoms with Crippen LogP contribution in [0.4, 0.5) is 0 Å². The molecule has 0 atom stereocenters. The number of rotatable bonds is 1. The van der Waals surface area contributed by atoms with Gasteiger partial charge in [0.15, 0.2) is 5.69 Å². The van der Waals surface area contributed by atoms with Gasteiger partial charge in [-0.05, 0) is 0 Å². The highest BCUT2D eigenvalue weighted by molar-refractivity contribution is 5.55. The van der Waals surface area contributed by atoms with Crippen molar-refractivity contribution in [3.8, 4) is 11.4 Å². The first-order chi connectivity index (χ1) is 4.92. The van der Waals surface area contributed by atoms with Crippen LogP contribution in [0.3, 0.4) is 0 Å². The van der Waals surface area contributed by atoms with Gasteiger partial charge in [0.25, 0.3) is 0 Å². The lowest BCUT2D eigenvalue weighted by Gasteiger charge is -1.88. The van der Waals surface area contributed by atoms with Gasteiger partial charge in [-0.3, -0.25) is 0 Å². The lowest BCUT2D eigenvalue weighted by atomic mass is 10.4. The van der Waals surface area contributed by atoms with E-state index < -0.39 is 0 Å². The number of hydrogen-bond acceptors (Lipinski definition) is 3. The summed E-state index contributed by atoms with van der Waals surface area (Å²) in [4.78, 5) is 0. The molecular weight excluding hydrogens is 130 g/mol. The van der Waals surface area contributed by atoms with E-state index in [-0.39, 0.29) is 0 Å². The van der Waals surface area contributed by atoms with Crippen molar-refractivity contribution in [2.45, 2.75) is 0 Å². The SMILES string of the molecule is C=Cn1occ2nncc1-2. The maximum absolute atomic E-state index is 5.00. The Balaban J connectivity index is 2.71. The third-order valence-electron chi connectivity index (χ3n) is 1.29. The third kappa shape index (κ3) is 0.500. The molecule has 4 heteroatoms. The van der Waals surface area contributed by atoms with Gasteiger partial charge in [-0.25, -0.2) is 0 Å². The zero-order chi connectivity index (χ0) is 6.97. The Hall–Kier alpha value is -1.58. The molecule has 0 aromatic carbocycles. The summed E-state index contributed by atoms with van der Waals surface area (Å²) in [6.45, 7) is 3.55. The van der Waals surface area contributed by atoms with E-state index >= 15 is 0 Å². The molecule has 2 aliphatic heterocycles. The summed E-state index contributed by atoms with van der Waals surface area (Å²) >= 11 is 0. The Morgan fingerprint density at radius 1 is 1.70 bits per heavy atom. The first-order valence-electron chi connectivity index (χ1n) is 2.82. The van der Waals surface area contributed by atoms with Gasteiger partial charge in [-0.2, -0.15) is 9.84 Å². The molecule has 0 bridgehead atoms. The predicted octanol–water partition coefficient (Wildman–Crippen LogP) is 1.08. The highest BCUT2D eigenvalue weighted by Gasteiger charge is 2.10. The molecule has 0 N–H and O–H groups in total. The van der Waals surface area contributed by atoms with Gasteiger partial charge < -0.3 is 4.52 Å². The molecule has 0 aromatic heterocycles. The van der Waals surface area contributed by atoms with E-state index in [0.717, 1.165) is 11.4 Å². The fraction of sp³-hybridized carbons (Fsp3) is 0. The van der Waals surface area contributed by atoms with E-state index in [4.69, 9.17) is 4.52 Å². The average molecular weight is 135 g/mol. The van der Waals surface area contributed by atoms with Crippen LogP contribution in [-0.4, -0.2) is 14.9 Å². The van der Waals surface area contributed by atoms with Gasteiger partial charge in [0.2, 0.25) is 0 Å². The number of hydrogen-bond donors (Lipinski definition) is 0. The Morgan fingerprint density at radius 3 is 3.40 bits per heavy atom. The number of fused-ring (bicyclic) bond motifs is 1. The van der Waals surface area contributed by atoms with Crippen LogP contribution in [0, 0.1) is 0 Å². The Bertz CT molecular complexity index is 322. The quantitative estimate of drug-likeness (QED) is 0.587. The molecule has 2 heterocycles. The number of aromatic nitrogens is 3. The molecule has 50 valence electrons. The third-order valence-corrected chi connectivity index (χ3v) is 1.29. The van der Waals surface area contributed by atoms with Gasteiger partial charge in [-0.1, -0.05) is 6.58 Å². The van der Waals surface area contributed by atoms with Crippen LogP contribution >= 0.6 is 0 Å². The van der Waals surface area contributed by atoms with Crippen LogP contribution in [0.1, 0.15) is 0 Å². The minimum atomic E-state index is 0.750. The standard InChI is InChI=1S/C6H5N3O/c1-2-9-6-3-7-8-5(6)4-10-9/h2-4H,1H2. The van der Waals surface area contributed by atoms with E-state index in [0.29, 0.717) is 0 Å². The van der Waals surface area contributed by atoms with Crippen LogP contribution in [0.2, 0.25) is 0 Å². The maximum atomic E-state index is 5.00. The smallest absolute Gasteiger partial charge is 0.152 e. The van der Waals surface area contributed by atoms with E-state index in [1.54, 1.807) is 12.4 Å². The topological polar surface area (TPSA) is 43.9 Å². The van der Waals surface area contributed by atoms with Crippen LogP contribution < -0.4 is 0 Å². The second-order valence-electron chi connectivity index (χ2n) is 1.85. The predicted molar refractivity (Wildman–Crippen MR) is 35.3 cm³/mol. The monoisotopic (exact) mass is 135 g/mol. The van der Waals surface area contributed by atoms with Gasteiger partial charge in [-0.15, -0.1) is 5.10 Å². The maximum Gasteiger partial charge on any atom is 0.152 e. The van der Waals surface area contributed by atoms with E-state index in [2.05, 4.69) is 16.8 Å². The average Bonchev–Trinajstić information content (AvgIpc) is 2.44. The van der Waals surface area contributed by atoms with Gasteiger partial charge in [0.05, 0.1) is 6.20 Å². The molecule has 0 radical (unpaired) electrons. The van der Waals surface area contributed by atoms with Crippen molar-refractivity contribution in [2.75, 3.05) is 0 Å². The molecule has 2 aliphatic rings. The highest BCUT2D eigenvalue weighted by Crippen LogP contribution is 2.18. The summed E-state index contributed by atoms with van der Waals surface area (Å²) < 4.78 is 6.51. The van der Waals surface area contributed by atoms with E-state index in [9.17, 15) is 0 Å². The molecule has 0 amide bonds. The second-order valence-corrected chi connectivity index (χ2v) is 1.85. The summed E-state index contributed by atoms with van der Waals surface area (Å²) in [5, 5.41) is 7.47. The summed E-state index contributed by atoms with van der Waals surface area (Å²) in [6.07, 6.45) is 4.72. The van der Waals surface area contributed by atoms with Crippen molar-refractivity contribution < 1.29 is 4.52 Å². The summed E-state index contributed by atoms with van der Waals surface area (Å²) in [5.41, 5.74) is 1.59. The molecular formula is C6H5N3O. The molecule has 2 rings (SSSR count). The molecule has 0 aromatic rings. The molecule has 0 unspecified atom stereocenters. The van der Waals surface area contributed by atoms with Crippen LogP contribution in [0.25, 0.3) is 17.6 Å². The van der Waals surface area contributed by atoms with Crippen LogP contribution in [0.15, 0.2) is 23.6 Å². The van der Waals surface area contributed by atoms with Crippen LogP contribution in [-0.2, 0) is 0 Å². The lowest BCUT2D eigenvalue weighted by molar-refractivity contribution is 0.367. The summed E-state index contributed by atoms with van der Waals surface area (Å²) in [6, 6.07) is 0. The van der Waals surface area contributed by atoms with Gasteiger partial charge in [0, 0.05) is 6.20 Å². The van der Waals surface area contributed by atoms with Crippen molar-refractivity contribution in [2.24, 2.45) is 0 Å². The Kier molecular flexibility index (Phi) is 0.887. The zero-order valence-corrected chi connectivity index (χ0v) is 5.19. The van der Waals surface area contributed by atoms with Crippen molar-refractivity contribution in [3.05, 3.63) is 19.0 Å². The van der Waals surface area contributed by atoms with E-state index in [1.807, 2.05) is 0 Å². The van der Waals surface area contributed by atoms with Gasteiger partial charge in [0.1, 0.15) is 12.0 Å². The minimum absolute atomic E-state index is 0.750. The highest BCUT2D eigenvalue weighted by atomic mass is 16.5. The molecule has 0 fully saturated rings. The normalized spacial score (nSPS) is 10.4. The lowest BCUT2D eigenvalue weighted by Crippen LogP contribution is -1.81. The van der Waals surface area contributed by atoms with E-state index in [1.165, 1.54) is 11.0 Å². The van der Waals surface area contributed by atoms with Crippen molar-refractivity contribution in [1.82, 2.24) is 14.9 Å². The molecule has 4 nitrogen and oxygen atoms in total. The number of nitrogens with zero attached hydrogens (tertiary/aromatic N) is 3.